The average molecular weight is 472 g/mol. The Labute approximate surface area is 202 Å². The van der Waals surface area contributed by atoms with E-state index in [1.54, 1.807) is 45.0 Å². The topological polar surface area (TPSA) is 108 Å². The number of hydrogen-bond acceptors (Lipinski definition) is 5. The van der Waals surface area contributed by atoms with Gasteiger partial charge in [0.15, 0.2) is 0 Å². The van der Waals surface area contributed by atoms with Gasteiger partial charge in [-0.15, -0.1) is 13.0 Å². The first-order valence-electron chi connectivity index (χ1n) is 11.4. The predicted molar refractivity (Wildman–Crippen MR) is 132 cm³/mol. The second kappa shape index (κ2) is 14.1. The second-order valence-electron chi connectivity index (χ2n) is 8.79. The highest BCUT2D eigenvalue weighted by molar-refractivity contribution is 5.92. The highest BCUT2D eigenvalue weighted by atomic mass is 16.6. The minimum Gasteiger partial charge on any atom is -0.444 e. The first-order valence-corrected chi connectivity index (χ1v) is 11.4. The summed E-state index contributed by atoms with van der Waals surface area (Å²) in [7, 11) is 0. The fraction of sp³-hybridized carbons (Fsp3) is 0.500. The van der Waals surface area contributed by atoms with Gasteiger partial charge in [-0.05, 0) is 38.8 Å². The van der Waals surface area contributed by atoms with Crippen LogP contribution in [0.1, 0.15) is 64.1 Å². The monoisotopic (exact) mass is 471 g/mol. The van der Waals surface area contributed by atoms with Gasteiger partial charge in [0.1, 0.15) is 17.7 Å². The summed E-state index contributed by atoms with van der Waals surface area (Å²) in [5.74, 6) is 1.48. The number of benzene rings is 1. The third-order valence-electron chi connectivity index (χ3n) is 4.83. The largest absolute Gasteiger partial charge is 0.444 e. The van der Waals surface area contributed by atoms with E-state index in [4.69, 9.17) is 11.2 Å². The van der Waals surface area contributed by atoms with E-state index >= 15 is 0 Å². The molecule has 1 aromatic rings. The van der Waals surface area contributed by atoms with Gasteiger partial charge in [0.25, 0.3) is 0 Å². The summed E-state index contributed by atoms with van der Waals surface area (Å²) in [5, 5.41) is 15.1. The number of unbranched alkanes of at least 4 members (excludes halogenated alkanes) is 2. The molecule has 0 aliphatic carbocycles. The molecule has 2 unspecified atom stereocenters. The maximum Gasteiger partial charge on any atom is 0.408 e. The number of carbonyl (C=O) groups is 3. The first-order chi connectivity index (χ1) is 16.1. The molecule has 3 amide bonds. The molecule has 1 aromatic carbocycles. The van der Waals surface area contributed by atoms with E-state index in [1.807, 2.05) is 0 Å². The highest BCUT2D eigenvalue weighted by Gasteiger charge is 2.36. The molecule has 8 nitrogen and oxygen atoms in total. The van der Waals surface area contributed by atoms with Crippen LogP contribution in [0.2, 0.25) is 0 Å². The minimum atomic E-state index is -1.33. The van der Waals surface area contributed by atoms with Crippen LogP contribution in [0, 0.1) is 12.3 Å². The maximum absolute atomic E-state index is 13.5. The van der Waals surface area contributed by atoms with Crippen molar-refractivity contribution in [3.8, 4) is 12.3 Å². The van der Waals surface area contributed by atoms with Gasteiger partial charge in [-0.1, -0.05) is 50.0 Å². The van der Waals surface area contributed by atoms with Crippen molar-refractivity contribution in [1.82, 2.24) is 15.5 Å². The molecule has 0 aromatic heterocycles. The van der Waals surface area contributed by atoms with Crippen molar-refractivity contribution >= 4 is 17.9 Å². The van der Waals surface area contributed by atoms with Gasteiger partial charge in [0, 0.05) is 18.7 Å². The molecule has 186 valence electrons. The van der Waals surface area contributed by atoms with E-state index in [2.05, 4.69) is 30.1 Å². The molecule has 8 heteroatoms. The summed E-state index contributed by atoms with van der Waals surface area (Å²) in [6.07, 6.45) is 9.02. The Morgan fingerprint density at radius 2 is 1.94 bits per heavy atom. The van der Waals surface area contributed by atoms with Gasteiger partial charge in [-0.3, -0.25) is 9.59 Å². The van der Waals surface area contributed by atoms with Crippen molar-refractivity contribution < 1.29 is 24.2 Å². The average Bonchev–Trinajstić information content (AvgIpc) is 2.78. The van der Waals surface area contributed by atoms with Crippen LogP contribution in [0.4, 0.5) is 4.79 Å². The molecule has 0 aliphatic heterocycles. The SMILES string of the molecule is C#Cc1ccccc1C(C(=O)NCCCCC)N(CC=C)C(=O)C(CO)NC(=O)OC(C)(C)C. The number of ether oxygens (including phenoxy) is 1. The van der Waals surface area contributed by atoms with Crippen molar-refractivity contribution in [2.45, 2.75) is 64.6 Å². The lowest BCUT2D eigenvalue weighted by molar-refractivity contribution is -0.142. The number of terminal acetylenes is 1. The summed E-state index contributed by atoms with van der Waals surface area (Å²) < 4.78 is 5.21. The standard InChI is InChI=1S/C26H37N3O5/c1-7-10-13-16-27-23(31)22(20-15-12-11-14-19(20)9-3)29(17-8-2)24(32)21(18-30)28-25(33)34-26(4,5)6/h3,8,11-12,14-15,21-22,30H,2,7,10,13,16-18H2,1,4-6H3,(H,27,31)(H,28,33). The Hall–Kier alpha value is -3.31. The molecule has 0 heterocycles. The third-order valence-corrected chi connectivity index (χ3v) is 4.83. The van der Waals surface area contributed by atoms with E-state index in [0.29, 0.717) is 17.7 Å². The van der Waals surface area contributed by atoms with Gasteiger partial charge in [-0.25, -0.2) is 4.79 Å². The first kappa shape index (κ1) is 28.7. The van der Waals surface area contributed by atoms with Crippen LogP contribution in [0.15, 0.2) is 36.9 Å². The zero-order valence-electron chi connectivity index (χ0n) is 20.6. The third kappa shape index (κ3) is 8.91. The van der Waals surface area contributed by atoms with E-state index in [9.17, 15) is 19.5 Å². The molecule has 0 saturated carbocycles. The zero-order chi connectivity index (χ0) is 25.7. The quantitative estimate of drug-likeness (QED) is 0.247. The molecule has 1 rings (SSSR count). The molecule has 0 saturated heterocycles. The molecule has 2 atom stereocenters. The molecule has 3 N–H and O–H groups in total. The smallest absolute Gasteiger partial charge is 0.408 e. The zero-order valence-corrected chi connectivity index (χ0v) is 20.6. The number of nitrogens with one attached hydrogen (secondary N) is 2. The fourth-order valence-corrected chi connectivity index (χ4v) is 3.30. The maximum atomic E-state index is 13.5. The van der Waals surface area contributed by atoms with Crippen LogP contribution >= 0.6 is 0 Å². The van der Waals surface area contributed by atoms with Gasteiger partial charge in [0.05, 0.1) is 6.61 Å². The van der Waals surface area contributed by atoms with Gasteiger partial charge in [-0.2, -0.15) is 0 Å². The van der Waals surface area contributed by atoms with E-state index < -0.39 is 42.2 Å². The Bertz CT molecular complexity index is 885. The molecular weight excluding hydrogens is 434 g/mol. The minimum absolute atomic E-state index is 0.0166. The summed E-state index contributed by atoms with van der Waals surface area (Å²) in [6, 6.07) is 4.43. The number of hydrogen-bond donors (Lipinski definition) is 3. The summed E-state index contributed by atoms with van der Waals surface area (Å²) in [6.45, 7) is 10.5. The highest BCUT2D eigenvalue weighted by Crippen LogP contribution is 2.25. The van der Waals surface area contributed by atoms with E-state index in [1.165, 1.54) is 11.0 Å². The molecule has 34 heavy (non-hydrogen) atoms. The number of rotatable bonds is 12. The van der Waals surface area contributed by atoms with Crippen LogP contribution in [0.5, 0.6) is 0 Å². The Balaban J connectivity index is 3.35. The number of nitrogens with zero attached hydrogens (tertiary/aromatic N) is 1. The molecule has 0 bridgehead atoms. The van der Waals surface area contributed by atoms with Gasteiger partial charge in [0.2, 0.25) is 11.8 Å². The van der Waals surface area contributed by atoms with Crippen LogP contribution < -0.4 is 10.6 Å². The van der Waals surface area contributed by atoms with Gasteiger partial charge < -0.3 is 25.4 Å². The summed E-state index contributed by atoms with van der Waals surface area (Å²) in [4.78, 5) is 40.3. The number of alkyl carbamates (subject to hydrolysis) is 1. The number of amides is 3. The summed E-state index contributed by atoms with van der Waals surface area (Å²) in [5.41, 5.74) is 0.126. The Kier molecular flexibility index (Phi) is 11.9. The summed E-state index contributed by atoms with van der Waals surface area (Å²) >= 11 is 0. The Morgan fingerprint density at radius 3 is 2.50 bits per heavy atom. The van der Waals surface area contributed by atoms with Crippen LogP contribution in [0.3, 0.4) is 0 Å². The number of aliphatic hydroxyl groups excluding tert-OH is 1. The number of carbonyl (C=O) groups excluding carboxylic acids is 3. The van der Waals surface area contributed by atoms with Crippen LogP contribution in [0.25, 0.3) is 0 Å². The lowest BCUT2D eigenvalue weighted by Gasteiger charge is -2.33. The van der Waals surface area contributed by atoms with Crippen molar-refractivity contribution in [2.24, 2.45) is 0 Å². The van der Waals surface area contributed by atoms with Crippen molar-refractivity contribution in [3.63, 3.8) is 0 Å². The van der Waals surface area contributed by atoms with Crippen molar-refractivity contribution in [3.05, 3.63) is 48.0 Å². The lowest BCUT2D eigenvalue weighted by atomic mass is 9.97. The lowest BCUT2D eigenvalue weighted by Crippen LogP contribution is -2.54. The van der Waals surface area contributed by atoms with Crippen LogP contribution in [-0.2, 0) is 14.3 Å². The van der Waals surface area contributed by atoms with E-state index in [-0.39, 0.29) is 6.54 Å². The Morgan fingerprint density at radius 1 is 1.26 bits per heavy atom. The second-order valence-corrected chi connectivity index (χ2v) is 8.79. The molecule has 0 fully saturated rings. The van der Waals surface area contributed by atoms with Crippen molar-refractivity contribution in [2.75, 3.05) is 19.7 Å². The number of aliphatic hydroxyl groups is 1. The fourth-order valence-electron chi connectivity index (χ4n) is 3.30. The molecular formula is C26H37N3O5. The predicted octanol–water partition coefficient (Wildman–Crippen LogP) is 2.92. The van der Waals surface area contributed by atoms with Gasteiger partial charge >= 0.3 is 6.09 Å². The molecule has 0 aliphatic rings. The molecule has 0 spiro atoms. The normalized spacial score (nSPS) is 12.6. The van der Waals surface area contributed by atoms with Crippen LogP contribution in [-0.4, -0.2) is 59.3 Å². The molecule has 0 radical (unpaired) electrons. The van der Waals surface area contributed by atoms with Crippen molar-refractivity contribution in [1.29, 1.82) is 0 Å². The van der Waals surface area contributed by atoms with E-state index in [0.717, 1.165) is 19.3 Å².